The normalized spacial score (nSPS) is 19.3. The number of imide groups is 1. The molecule has 1 saturated heterocycles. The van der Waals surface area contributed by atoms with E-state index in [1.807, 2.05) is 38.1 Å². The van der Waals surface area contributed by atoms with Crippen LogP contribution in [-0.4, -0.2) is 30.0 Å². The molecule has 1 N–H and O–H groups in total. The van der Waals surface area contributed by atoms with Crippen molar-refractivity contribution < 1.29 is 14.3 Å². The molecule has 0 aromatic heterocycles. The fraction of sp³-hybridized carbons (Fsp3) is 0.429. The lowest BCUT2D eigenvalue weighted by atomic mass is 10.1. The van der Waals surface area contributed by atoms with Gasteiger partial charge in [-0.25, -0.2) is 4.79 Å². The third-order valence-corrected chi connectivity index (χ3v) is 3.07. The molecule has 0 spiro atoms. The summed E-state index contributed by atoms with van der Waals surface area (Å²) in [6, 6.07) is 7.31. The van der Waals surface area contributed by atoms with Gasteiger partial charge in [-0.05, 0) is 24.6 Å². The van der Waals surface area contributed by atoms with Crippen LogP contribution in [0.1, 0.15) is 19.4 Å². The van der Waals surface area contributed by atoms with Crippen molar-refractivity contribution in [1.29, 1.82) is 0 Å². The maximum absolute atomic E-state index is 11.7. The minimum Gasteiger partial charge on any atom is -0.494 e. The number of carbonyl (C=O) groups is 2. The Hall–Kier alpha value is -2.04. The van der Waals surface area contributed by atoms with Gasteiger partial charge < -0.3 is 9.64 Å². The van der Waals surface area contributed by atoms with E-state index in [1.54, 1.807) is 4.90 Å². The van der Waals surface area contributed by atoms with Crippen LogP contribution in [0.4, 0.5) is 4.79 Å². The molecule has 1 unspecified atom stereocenters. The molecule has 5 heteroatoms. The standard InChI is InChI=1S/C14H18N2O3/c1-3-19-12-6-4-11(5-7-12)9-16-8-10(2)13(17)15-14(16)18/h4-7,10H,3,8-9H2,1-2H3,(H,15,17,18). The van der Waals surface area contributed by atoms with Crippen LogP contribution in [0.3, 0.4) is 0 Å². The first-order valence-electron chi connectivity index (χ1n) is 6.41. The lowest BCUT2D eigenvalue weighted by Gasteiger charge is -2.30. The molecule has 1 fully saturated rings. The molecule has 0 saturated carbocycles. The third-order valence-electron chi connectivity index (χ3n) is 3.07. The van der Waals surface area contributed by atoms with Crippen LogP contribution in [0.5, 0.6) is 5.75 Å². The molecule has 1 atom stereocenters. The van der Waals surface area contributed by atoms with Crippen LogP contribution in [0.15, 0.2) is 24.3 Å². The predicted octanol–water partition coefficient (Wildman–Crippen LogP) is 1.77. The van der Waals surface area contributed by atoms with Crippen molar-refractivity contribution in [3.63, 3.8) is 0 Å². The van der Waals surface area contributed by atoms with Gasteiger partial charge >= 0.3 is 6.03 Å². The van der Waals surface area contributed by atoms with E-state index < -0.39 is 0 Å². The molecular formula is C14H18N2O3. The summed E-state index contributed by atoms with van der Waals surface area (Å²) in [5.74, 6) is 0.450. The van der Waals surface area contributed by atoms with E-state index in [-0.39, 0.29) is 17.9 Å². The SMILES string of the molecule is CCOc1ccc(CN2CC(C)C(=O)NC2=O)cc1. The molecule has 1 aromatic carbocycles. The Balaban J connectivity index is 2.00. The van der Waals surface area contributed by atoms with Gasteiger partial charge in [0.05, 0.1) is 12.5 Å². The van der Waals surface area contributed by atoms with Gasteiger partial charge in [0.15, 0.2) is 0 Å². The Morgan fingerprint density at radius 3 is 2.63 bits per heavy atom. The van der Waals surface area contributed by atoms with Gasteiger partial charge in [-0.15, -0.1) is 0 Å². The molecular weight excluding hydrogens is 244 g/mol. The Kier molecular flexibility index (Phi) is 4.04. The number of rotatable bonds is 4. The maximum Gasteiger partial charge on any atom is 0.324 e. The number of urea groups is 1. The fourth-order valence-corrected chi connectivity index (χ4v) is 2.02. The lowest BCUT2D eigenvalue weighted by Crippen LogP contribution is -2.53. The Labute approximate surface area is 112 Å². The second-order valence-corrected chi connectivity index (χ2v) is 4.65. The van der Waals surface area contributed by atoms with E-state index >= 15 is 0 Å². The summed E-state index contributed by atoms with van der Waals surface area (Å²) in [4.78, 5) is 24.7. The smallest absolute Gasteiger partial charge is 0.324 e. The number of carbonyl (C=O) groups excluding carboxylic acids is 2. The molecule has 19 heavy (non-hydrogen) atoms. The number of benzene rings is 1. The van der Waals surface area contributed by atoms with Crippen LogP contribution >= 0.6 is 0 Å². The summed E-state index contributed by atoms with van der Waals surface area (Å²) in [7, 11) is 0. The molecule has 3 amide bonds. The van der Waals surface area contributed by atoms with Crippen LogP contribution in [0.25, 0.3) is 0 Å². The average molecular weight is 262 g/mol. The Bertz CT molecular complexity index is 470. The van der Waals surface area contributed by atoms with E-state index in [0.29, 0.717) is 19.7 Å². The molecule has 1 aromatic rings. The van der Waals surface area contributed by atoms with Gasteiger partial charge in [-0.3, -0.25) is 10.1 Å². The van der Waals surface area contributed by atoms with E-state index in [1.165, 1.54) is 0 Å². The van der Waals surface area contributed by atoms with Gasteiger partial charge in [-0.2, -0.15) is 0 Å². The van der Waals surface area contributed by atoms with Gasteiger partial charge in [-0.1, -0.05) is 19.1 Å². The number of ether oxygens (including phenoxy) is 1. The zero-order chi connectivity index (χ0) is 13.8. The number of nitrogens with zero attached hydrogens (tertiary/aromatic N) is 1. The van der Waals surface area contributed by atoms with Crippen LogP contribution in [-0.2, 0) is 11.3 Å². The summed E-state index contributed by atoms with van der Waals surface area (Å²) in [6.45, 7) is 5.33. The lowest BCUT2D eigenvalue weighted by molar-refractivity contribution is -0.125. The fourth-order valence-electron chi connectivity index (χ4n) is 2.02. The molecule has 0 aliphatic carbocycles. The van der Waals surface area contributed by atoms with Crippen molar-refractivity contribution in [2.75, 3.05) is 13.2 Å². The topological polar surface area (TPSA) is 58.6 Å². The Morgan fingerprint density at radius 1 is 1.32 bits per heavy atom. The zero-order valence-corrected chi connectivity index (χ0v) is 11.2. The molecule has 5 nitrogen and oxygen atoms in total. The highest BCUT2D eigenvalue weighted by molar-refractivity contribution is 5.97. The molecule has 1 aliphatic heterocycles. The molecule has 2 rings (SSSR count). The molecule has 1 aliphatic rings. The van der Waals surface area contributed by atoms with E-state index in [9.17, 15) is 9.59 Å². The second-order valence-electron chi connectivity index (χ2n) is 4.65. The minimum absolute atomic E-state index is 0.166. The van der Waals surface area contributed by atoms with Crippen LogP contribution in [0.2, 0.25) is 0 Å². The number of hydrogen-bond donors (Lipinski definition) is 1. The third kappa shape index (κ3) is 3.24. The number of nitrogens with one attached hydrogen (secondary N) is 1. The monoisotopic (exact) mass is 262 g/mol. The average Bonchev–Trinajstić information content (AvgIpc) is 2.38. The molecule has 0 bridgehead atoms. The summed E-state index contributed by atoms with van der Waals surface area (Å²) in [5, 5.41) is 2.35. The second kappa shape index (κ2) is 5.73. The first-order valence-corrected chi connectivity index (χ1v) is 6.41. The van der Waals surface area contributed by atoms with Gasteiger partial charge in [0, 0.05) is 13.1 Å². The van der Waals surface area contributed by atoms with E-state index in [4.69, 9.17) is 4.74 Å². The minimum atomic E-state index is -0.322. The van der Waals surface area contributed by atoms with E-state index in [2.05, 4.69) is 5.32 Å². The van der Waals surface area contributed by atoms with Crippen molar-refractivity contribution in [2.24, 2.45) is 5.92 Å². The van der Waals surface area contributed by atoms with Crippen LogP contribution < -0.4 is 10.1 Å². The van der Waals surface area contributed by atoms with Crippen molar-refractivity contribution in [3.8, 4) is 5.75 Å². The van der Waals surface area contributed by atoms with E-state index in [0.717, 1.165) is 11.3 Å². The maximum atomic E-state index is 11.7. The predicted molar refractivity (Wildman–Crippen MR) is 70.7 cm³/mol. The first-order chi connectivity index (χ1) is 9.10. The van der Waals surface area contributed by atoms with Gasteiger partial charge in [0.2, 0.25) is 5.91 Å². The summed E-state index contributed by atoms with van der Waals surface area (Å²) < 4.78 is 5.37. The molecule has 1 heterocycles. The van der Waals surface area contributed by atoms with Crippen molar-refractivity contribution >= 4 is 11.9 Å². The molecule has 0 radical (unpaired) electrons. The number of hydrogen-bond acceptors (Lipinski definition) is 3. The number of amides is 3. The summed E-state index contributed by atoms with van der Waals surface area (Å²) in [6.07, 6.45) is 0. The van der Waals surface area contributed by atoms with Gasteiger partial charge in [0.1, 0.15) is 5.75 Å². The summed E-state index contributed by atoms with van der Waals surface area (Å²) in [5.41, 5.74) is 1.01. The highest BCUT2D eigenvalue weighted by Crippen LogP contribution is 2.16. The van der Waals surface area contributed by atoms with Crippen LogP contribution in [0, 0.1) is 5.92 Å². The summed E-state index contributed by atoms with van der Waals surface area (Å²) >= 11 is 0. The quantitative estimate of drug-likeness (QED) is 0.899. The van der Waals surface area contributed by atoms with Gasteiger partial charge in [0.25, 0.3) is 0 Å². The molecule has 102 valence electrons. The highest BCUT2D eigenvalue weighted by Gasteiger charge is 2.28. The zero-order valence-electron chi connectivity index (χ0n) is 11.2. The first kappa shape index (κ1) is 13.4. The van der Waals surface area contributed by atoms with Crippen molar-refractivity contribution in [2.45, 2.75) is 20.4 Å². The Morgan fingerprint density at radius 2 is 2.00 bits per heavy atom. The van der Waals surface area contributed by atoms with Crippen molar-refractivity contribution in [1.82, 2.24) is 10.2 Å². The largest absolute Gasteiger partial charge is 0.494 e. The van der Waals surface area contributed by atoms with Crippen molar-refractivity contribution in [3.05, 3.63) is 29.8 Å². The highest BCUT2D eigenvalue weighted by atomic mass is 16.5.